The number of pyridine rings is 1. The summed E-state index contributed by atoms with van der Waals surface area (Å²) < 4.78 is 12.1. The monoisotopic (exact) mass is 344 g/mol. The molecule has 2 N–H and O–H groups in total. The molecule has 1 heterocycles. The molecule has 2 aromatic carbocycles. The molecule has 0 saturated carbocycles. The average Bonchev–Trinajstić information content (AvgIpc) is 2.46. The lowest BCUT2D eigenvalue weighted by Crippen LogP contribution is -1.93. The molecule has 0 spiro atoms. The highest BCUT2D eigenvalue weighted by molar-refractivity contribution is 9.10. The Morgan fingerprint density at radius 1 is 1.10 bits per heavy atom. The van der Waals surface area contributed by atoms with Crippen LogP contribution >= 0.6 is 15.9 Å². The molecule has 0 unspecified atom stereocenters. The van der Waals surface area contributed by atoms with Crippen LogP contribution in [0.3, 0.4) is 0 Å². The van der Waals surface area contributed by atoms with Crippen LogP contribution in [0, 0.1) is 0 Å². The van der Waals surface area contributed by atoms with E-state index < -0.39 is 0 Å². The fraction of sp³-hybridized carbons (Fsp3) is 0.0625. The molecule has 0 fully saturated rings. The standard InChI is InChI=1S/C16H13BrN2O2/c1-20-15-4-2-3-14-13(15)5-6-19-16(14)21-12-8-10(17)7-11(18)9-12/h2-9H,18H2,1H3. The first-order valence-electron chi connectivity index (χ1n) is 6.33. The average molecular weight is 345 g/mol. The van der Waals surface area contributed by atoms with Gasteiger partial charge in [-0.3, -0.25) is 0 Å². The highest BCUT2D eigenvalue weighted by Gasteiger charge is 2.09. The number of aromatic nitrogens is 1. The molecule has 4 nitrogen and oxygen atoms in total. The van der Waals surface area contributed by atoms with Crippen LogP contribution in [0.25, 0.3) is 10.8 Å². The predicted molar refractivity (Wildman–Crippen MR) is 86.9 cm³/mol. The lowest BCUT2D eigenvalue weighted by Gasteiger charge is -2.10. The lowest BCUT2D eigenvalue weighted by molar-refractivity contribution is 0.419. The van der Waals surface area contributed by atoms with E-state index in [-0.39, 0.29) is 0 Å². The van der Waals surface area contributed by atoms with Crippen molar-refractivity contribution in [3.8, 4) is 17.4 Å². The molecule has 3 rings (SSSR count). The zero-order valence-electron chi connectivity index (χ0n) is 11.3. The third kappa shape index (κ3) is 2.78. The molecule has 0 saturated heterocycles. The first-order valence-corrected chi connectivity index (χ1v) is 7.12. The van der Waals surface area contributed by atoms with Gasteiger partial charge in [-0.05, 0) is 30.3 Å². The minimum Gasteiger partial charge on any atom is -0.496 e. The minimum atomic E-state index is 0.518. The molecule has 0 atom stereocenters. The maximum atomic E-state index is 5.88. The number of hydrogen-bond donors (Lipinski definition) is 1. The minimum absolute atomic E-state index is 0.518. The van der Waals surface area contributed by atoms with Crippen molar-refractivity contribution in [3.05, 3.63) is 53.1 Å². The second-order valence-corrected chi connectivity index (χ2v) is 5.41. The van der Waals surface area contributed by atoms with Crippen molar-refractivity contribution in [2.24, 2.45) is 0 Å². The summed E-state index contributed by atoms with van der Waals surface area (Å²) in [6, 6.07) is 13.1. The van der Waals surface area contributed by atoms with Gasteiger partial charge in [0.15, 0.2) is 0 Å². The smallest absolute Gasteiger partial charge is 0.227 e. The Hall–Kier alpha value is -2.27. The number of rotatable bonds is 3. The number of nitrogen functional groups attached to an aromatic ring is 1. The second-order valence-electron chi connectivity index (χ2n) is 4.49. The number of ether oxygens (including phenoxy) is 2. The Morgan fingerprint density at radius 2 is 1.95 bits per heavy atom. The van der Waals surface area contributed by atoms with Crippen LogP contribution in [-0.4, -0.2) is 12.1 Å². The van der Waals surface area contributed by atoms with Crippen molar-refractivity contribution in [3.63, 3.8) is 0 Å². The largest absolute Gasteiger partial charge is 0.496 e. The quantitative estimate of drug-likeness (QED) is 0.716. The number of hydrogen-bond acceptors (Lipinski definition) is 4. The van der Waals surface area contributed by atoms with Crippen LogP contribution in [0.15, 0.2) is 53.1 Å². The third-order valence-electron chi connectivity index (χ3n) is 3.06. The zero-order chi connectivity index (χ0) is 14.8. The molecule has 0 amide bonds. The Labute approximate surface area is 130 Å². The molecule has 5 heteroatoms. The molecule has 0 bridgehead atoms. The molecule has 0 aliphatic rings. The summed E-state index contributed by atoms with van der Waals surface area (Å²) in [5, 5.41) is 1.84. The van der Waals surface area contributed by atoms with E-state index in [4.69, 9.17) is 15.2 Å². The Bertz CT molecular complexity index is 785. The van der Waals surface area contributed by atoms with Crippen molar-refractivity contribution in [1.29, 1.82) is 0 Å². The summed E-state index contributed by atoms with van der Waals surface area (Å²) in [6.45, 7) is 0. The second kappa shape index (κ2) is 5.61. The van der Waals surface area contributed by atoms with E-state index in [0.29, 0.717) is 17.3 Å². The molecule has 0 radical (unpaired) electrons. The molecule has 106 valence electrons. The van der Waals surface area contributed by atoms with E-state index in [1.165, 1.54) is 0 Å². The van der Waals surface area contributed by atoms with Gasteiger partial charge >= 0.3 is 0 Å². The van der Waals surface area contributed by atoms with E-state index >= 15 is 0 Å². The van der Waals surface area contributed by atoms with E-state index in [2.05, 4.69) is 20.9 Å². The van der Waals surface area contributed by atoms with Crippen molar-refractivity contribution in [1.82, 2.24) is 4.98 Å². The van der Waals surface area contributed by atoms with Gasteiger partial charge in [0.2, 0.25) is 5.88 Å². The highest BCUT2D eigenvalue weighted by Crippen LogP contribution is 2.34. The van der Waals surface area contributed by atoms with Crippen molar-refractivity contribution >= 4 is 32.4 Å². The Kier molecular flexibility index (Phi) is 3.66. The summed E-state index contributed by atoms with van der Waals surface area (Å²) >= 11 is 3.40. The van der Waals surface area contributed by atoms with E-state index in [1.54, 1.807) is 19.4 Å². The zero-order valence-corrected chi connectivity index (χ0v) is 12.9. The molecule has 21 heavy (non-hydrogen) atoms. The van der Waals surface area contributed by atoms with Gasteiger partial charge in [0, 0.05) is 33.2 Å². The van der Waals surface area contributed by atoms with Gasteiger partial charge in [-0.1, -0.05) is 22.0 Å². The molecule has 0 aliphatic heterocycles. The van der Waals surface area contributed by atoms with Crippen LogP contribution in [-0.2, 0) is 0 Å². The van der Waals surface area contributed by atoms with Crippen LogP contribution in [0.4, 0.5) is 5.69 Å². The van der Waals surface area contributed by atoms with Gasteiger partial charge in [-0.25, -0.2) is 4.98 Å². The Morgan fingerprint density at radius 3 is 2.71 bits per heavy atom. The number of nitrogens with two attached hydrogens (primary N) is 1. The van der Waals surface area contributed by atoms with Gasteiger partial charge in [0.25, 0.3) is 0 Å². The van der Waals surface area contributed by atoms with Crippen LogP contribution in [0.5, 0.6) is 17.4 Å². The Balaban J connectivity index is 2.08. The van der Waals surface area contributed by atoms with Crippen molar-refractivity contribution in [2.45, 2.75) is 0 Å². The molecule has 1 aromatic heterocycles. The molecular weight excluding hydrogens is 332 g/mol. The summed E-state index contributed by atoms with van der Waals surface area (Å²) in [5.74, 6) is 1.93. The van der Waals surface area contributed by atoms with Gasteiger partial charge in [0.1, 0.15) is 11.5 Å². The van der Waals surface area contributed by atoms with Gasteiger partial charge in [-0.15, -0.1) is 0 Å². The van der Waals surface area contributed by atoms with E-state index in [0.717, 1.165) is 21.0 Å². The van der Waals surface area contributed by atoms with Crippen LogP contribution in [0.1, 0.15) is 0 Å². The summed E-state index contributed by atoms with van der Waals surface area (Å²) in [5.41, 5.74) is 6.44. The normalized spacial score (nSPS) is 10.6. The summed E-state index contributed by atoms with van der Waals surface area (Å²) in [4.78, 5) is 4.30. The van der Waals surface area contributed by atoms with E-state index in [9.17, 15) is 0 Å². The van der Waals surface area contributed by atoms with Crippen LogP contribution < -0.4 is 15.2 Å². The first kappa shape index (κ1) is 13.7. The SMILES string of the molecule is COc1cccc2c(Oc3cc(N)cc(Br)c3)nccc12. The summed E-state index contributed by atoms with van der Waals surface area (Å²) in [6.07, 6.45) is 1.70. The fourth-order valence-corrected chi connectivity index (χ4v) is 2.66. The van der Waals surface area contributed by atoms with Gasteiger partial charge < -0.3 is 15.2 Å². The number of anilines is 1. The maximum absolute atomic E-state index is 5.88. The highest BCUT2D eigenvalue weighted by atomic mass is 79.9. The van der Waals surface area contributed by atoms with Crippen molar-refractivity contribution < 1.29 is 9.47 Å². The van der Waals surface area contributed by atoms with Crippen LogP contribution in [0.2, 0.25) is 0 Å². The molecule has 0 aliphatic carbocycles. The maximum Gasteiger partial charge on any atom is 0.227 e. The lowest BCUT2D eigenvalue weighted by atomic mass is 10.1. The number of halogens is 1. The molecule has 3 aromatic rings. The number of benzene rings is 2. The number of nitrogens with zero attached hydrogens (tertiary/aromatic N) is 1. The van der Waals surface area contributed by atoms with Crippen molar-refractivity contribution in [2.75, 3.05) is 12.8 Å². The molecular formula is C16H13BrN2O2. The third-order valence-corrected chi connectivity index (χ3v) is 3.52. The first-order chi connectivity index (χ1) is 10.2. The number of methoxy groups -OCH3 is 1. The summed E-state index contributed by atoms with van der Waals surface area (Å²) in [7, 11) is 1.64. The topological polar surface area (TPSA) is 57.4 Å². The predicted octanol–water partition coefficient (Wildman–Crippen LogP) is 4.38. The van der Waals surface area contributed by atoms with Gasteiger partial charge in [0.05, 0.1) is 7.11 Å². The van der Waals surface area contributed by atoms with Gasteiger partial charge in [-0.2, -0.15) is 0 Å². The van der Waals surface area contributed by atoms with E-state index in [1.807, 2.05) is 36.4 Å². The number of fused-ring (bicyclic) bond motifs is 1. The fourth-order valence-electron chi connectivity index (χ4n) is 2.17.